The van der Waals surface area contributed by atoms with E-state index in [1.165, 1.54) is 0 Å². The van der Waals surface area contributed by atoms with Crippen LogP contribution >= 0.6 is 0 Å². The van der Waals surface area contributed by atoms with E-state index in [1.54, 1.807) is 0 Å². The fraction of sp³-hybridized carbons (Fsp3) is 0. The van der Waals surface area contributed by atoms with E-state index in [0.717, 1.165) is 0 Å². The van der Waals surface area contributed by atoms with Crippen LogP contribution in [-0.4, -0.2) is 62.3 Å². The summed E-state index contributed by atoms with van der Waals surface area (Å²) < 4.78 is 68.2. The number of hydrogen-bond donors (Lipinski definition) is 0. The van der Waals surface area contributed by atoms with Crippen molar-refractivity contribution in [3.63, 3.8) is 0 Å². The second kappa shape index (κ2) is 6.21. The molecule has 0 saturated carbocycles. The Morgan fingerprint density at radius 2 is 0.636 bits per heavy atom. The van der Waals surface area contributed by atoms with Gasteiger partial charge >= 0.3 is 27.3 Å². The third-order valence-electron chi connectivity index (χ3n) is 0. The third kappa shape index (κ3) is 1830. The van der Waals surface area contributed by atoms with E-state index in [9.17, 15) is 0 Å². The van der Waals surface area contributed by atoms with E-state index in [2.05, 4.69) is 0 Å². The molecule has 0 aromatic carbocycles. The molecule has 0 bridgehead atoms. The molecule has 0 unspecified atom stereocenters. The SMILES string of the molecule is O=S(=O)([O-])[O-].O=S(=O)([O-])[O-].[Pb+4]. The molecule has 11 heteroatoms. The Balaban J connectivity index is -0.000000107. The van der Waals surface area contributed by atoms with Gasteiger partial charge in [-0.3, -0.25) is 16.8 Å². The largest absolute Gasteiger partial charge is 4.00 e. The second-order valence-corrected chi connectivity index (χ2v) is 2.45. The zero-order valence-electron chi connectivity index (χ0n) is 4.58. The van der Waals surface area contributed by atoms with E-state index in [1.807, 2.05) is 0 Å². The molecule has 11 heavy (non-hydrogen) atoms. The molecule has 0 aromatic heterocycles. The van der Waals surface area contributed by atoms with Gasteiger partial charge in [-0.2, -0.15) is 0 Å². The Morgan fingerprint density at radius 1 is 0.636 bits per heavy atom. The fourth-order valence-corrected chi connectivity index (χ4v) is 0. The fourth-order valence-electron chi connectivity index (χ4n) is 0. The van der Waals surface area contributed by atoms with Gasteiger partial charge in [0.2, 0.25) is 0 Å². The molecule has 0 fully saturated rings. The Kier molecular flexibility index (Phi) is 9.97. The van der Waals surface area contributed by atoms with Gasteiger partial charge in [0, 0.05) is 20.8 Å². The molecule has 0 heterocycles. The Morgan fingerprint density at radius 3 is 0.636 bits per heavy atom. The van der Waals surface area contributed by atoms with Gasteiger partial charge in [0.25, 0.3) is 0 Å². The summed E-state index contributed by atoms with van der Waals surface area (Å²) in [6.45, 7) is 0. The van der Waals surface area contributed by atoms with Crippen LogP contribution in [0.3, 0.4) is 0 Å². The van der Waals surface area contributed by atoms with E-state index >= 15 is 0 Å². The summed E-state index contributed by atoms with van der Waals surface area (Å²) in [7, 11) is -10.3. The Labute approximate surface area is 82.9 Å². The van der Waals surface area contributed by atoms with Crippen molar-refractivity contribution < 1.29 is 35.0 Å². The van der Waals surface area contributed by atoms with Crippen molar-refractivity contribution in [2.24, 2.45) is 0 Å². The summed E-state index contributed by atoms with van der Waals surface area (Å²) in [5.74, 6) is 0. The van der Waals surface area contributed by atoms with Crippen molar-refractivity contribution in [2.45, 2.75) is 0 Å². The first-order valence-corrected chi connectivity index (χ1v) is 4.00. The summed E-state index contributed by atoms with van der Waals surface area (Å²) in [5, 5.41) is 0. The maximum atomic E-state index is 8.52. The van der Waals surface area contributed by atoms with Crippen LogP contribution in [0.1, 0.15) is 0 Å². The Hall–Kier alpha value is 0.662. The van der Waals surface area contributed by atoms with Gasteiger partial charge in [-0.1, -0.05) is 0 Å². The minimum absolute atomic E-state index is 0. The van der Waals surface area contributed by atoms with Gasteiger partial charge in [-0.25, -0.2) is 0 Å². The molecular weight excluding hydrogens is 399 g/mol. The zero-order chi connectivity index (χ0) is 9.00. The van der Waals surface area contributed by atoms with Crippen molar-refractivity contribution in [1.82, 2.24) is 0 Å². The maximum absolute atomic E-state index is 8.52. The molecule has 0 aliphatic heterocycles. The van der Waals surface area contributed by atoms with E-state index in [4.69, 9.17) is 35.0 Å². The van der Waals surface area contributed by atoms with Gasteiger partial charge in [0.15, 0.2) is 0 Å². The minimum atomic E-state index is -5.17. The van der Waals surface area contributed by atoms with Crippen LogP contribution in [0.2, 0.25) is 0 Å². The van der Waals surface area contributed by atoms with Gasteiger partial charge in [-0.15, -0.1) is 0 Å². The molecule has 0 aliphatic rings. The molecule has 0 spiro atoms. The molecule has 0 N–H and O–H groups in total. The minimum Gasteiger partial charge on any atom is -0.759 e. The van der Waals surface area contributed by atoms with Crippen molar-refractivity contribution in [3.05, 3.63) is 0 Å². The van der Waals surface area contributed by atoms with E-state index < -0.39 is 20.8 Å². The first-order chi connectivity index (χ1) is 4.00. The third-order valence-corrected chi connectivity index (χ3v) is 0. The van der Waals surface area contributed by atoms with Crippen molar-refractivity contribution in [2.75, 3.05) is 0 Å². The number of rotatable bonds is 0. The van der Waals surface area contributed by atoms with Gasteiger partial charge in [0.1, 0.15) is 0 Å². The van der Waals surface area contributed by atoms with E-state index in [-0.39, 0.29) is 27.3 Å². The van der Waals surface area contributed by atoms with Crippen LogP contribution in [0.4, 0.5) is 0 Å². The van der Waals surface area contributed by atoms with Crippen molar-refractivity contribution >= 4 is 48.1 Å². The van der Waals surface area contributed by atoms with E-state index in [0.29, 0.717) is 0 Å². The molecule has 0 aromatic rings. The molecular formula is O8PbS2. The second-order valence-electron chi connectivity index (χ2n) is 0.816. The molecule has 0 atom stereocenters. The standard InChI is InChI=1S/2H2O4S.Pb/c2*1-5(2,3)4;/h2*(H2,1,2,3,4);/q;;+4/p-4. The van der Waals surface area contributed by atoms with Gasteiger partial charge in [-0.05, 0) is 0 Å². The van der Waals surface area contributed by atoms with Crippen molar-refractivity contribution in [3.8, 4) is 0 Å². The summed E-state index contributed by atoms with van der Waals surface area (Å²) in [4.78, 5) is 0. The van der Waals surface area contributed by atoms with Gasteiger partial charge < -0.3 is 18.2 Å². The first kappa shape index (κ1) is 17.7. The summed E-state index contributed by atoms with van der Waals surface area (Å²) in [5.41, 5.74) is 0. The Bertz CT molecular complexity index is 208. The molecule has 8 nitrogen and oxygen atoms in total. The molecule has 64 valence electrons. The molecule has 0 radical (unpaired) electrons. The predicted octanol–water partition coefficient (Wildman–Crippen LogP) is -3.06. The normalized spacial score (nSPS) is 10.5. The zero-order valence-corrected chi connectivity index (χ0v) is 10.1. The van der Waals surface area contributed by atoms with Crippen molar-refractivity contribution in [1.29, 1.82) is 0 Å². The smallest absolute Gasteiger partial charge is 0.759 e. The molecule has 0 saturated heterocycles. The average molecular weight is 399 g/mol. The van der Waals surface area contributed by atoms with Crippen LogP contribution in [0.5, 0.6) is 0 Å². The first-order valence-electron chi connectivity index (χ1n) is 1.33. The molecule has 0 amide bonds. The summed E-state index contributed by atoms with van der Waals surface area (Å²) >= 11 is 0. The summed E-state index contributed by atoms with van der Waals surface area (Å²) in [6, 6.07) is 0. The van der Waals surface area contributed by atoms with Crippen LogP contribution < -0.4 is 0 Å². The quantitative estimate of drug-likeness (QED) is 0.236. The average Bonchev–Trinajstić information content (AvgIpc) is 1.12. The molecule has 0 aliphatic carbocycles. The summed E-state index contributed by atoms with van der Waals surface area (Å²) in [6.07, 6.45) is 0. The van der Waals surface area contributed by atoms with Gasteiger partial charge in [0.05, 0.1) is 0 Å². The maximum Gasteiger partial charge on any atom is 4.00 e. The van der Waals surface area contributed by atoms with Crippen LogP contribution in [0, 0.1) is 0 Å². The van der Waals surface area contributed by atoms with Crippen LogP contribution in [-0.2, 0) is 20.8 Å². The van der Waals surface area contributed by atoms with Crippen LogP contribution in [0.25, 0.3) is 0 Å². The predicted molar refractivity (Wildman–Crippen MR) is 26.7 cm³/mol. The van der Waals surface area contributed by atoms with Crippen LogP contribution in [0.15, 0.2) is 0 Å². The number of hydrogen-bond acceptors (Lipinski definition) is 8. The molecule has 0 rings (SSSR count). The monoisotopic (exact) mass is 400 g/mol. The topological polar surface area (TPSA) is 161 Å².